The first-order valence-electron chi connectivity index (χ1n) is 12.3. The molecule has 0 heterocycles. The maximum atomic E-state index is 13.3. The number of hydrogen-bond donors (Lipinski definition) is 0. The Bertz CT molecular complexity index is 894. The number of halogens is 2. The highest BCUT2D eigenvalue weighted by Crippen LogP contribution is 2.44. The van der Waals surface area contributed by atoms with Gasteiger partial charge in [0.2, 0.25) is 0 Å². The highest BCUT2D eigenvalue weighted by Gasteiger charge is 2.31. The molecule has 0 aromatic heterocycles. The molecule has 2 aromatic rings. The summed E-state index contributed by atoms with van der Waals surface area (Å²) < 4.78 is 18.6. The summed E-state index contributed by atoms with van der Waals surface area (Å²) in [6.45, 7) is 2.31. The normalized spacial score (nSPS) is 26.0. The number of hydrogen-bond acceptors (Lipinski definition) is 2. The Balaban J connectivity index is 1.27. The zero-order chi connectivity index (χ0) is 22.5. The Kier molecular flexibility index (Phi) is 7.88. The molecule has 0 saturated heterocycles. The van der Waals surface area contributed by atoms with Crippen molar-refractivity contribution in [2.75, 3.05) is 0 Å². The summed E-state index contributed by atoms with van der Waals surface area (Å²) in [5, 5.41) is -0.0599. The number of carbonyl (C=O) groups excluding carboxylic acids is 1. The summed E-state index contributed by atoms with van der Waals surface area (Å²) in [5.74, 6) is 2.68. The fourth-order valence-electron chi connectivity index (χ4n) is 5.88. The monoisotopic (exact) mass is 456 g/mol. The van der Waals surface area contributed by atoms with Crippen LogP contribution in [-0.2, 0) is 0 Å². The minimum Gasteiger partial charge on any atom is -0.423 e. The molecule has 2 aliphatic rings. The summed E-state index contributed by atoms with van der Waals surface area (Å²) in [6, 6.07) is 11.7. The third-order valence-corrected chi connectivity index (χ3v) is 8.04. The zero-order valence-corrected chi connectivity index (χ0v) is 19.8. The van der Waals surface area contributed by atoms with Crippen molar-refractivity contribution >= 4 is 17.6 Å². The standard InChI is InChI=1S/C28H34ClFO2/c1-2-3-19-4-6-20(7-5-19)21-8-10-22(11-9-21)23-12-14-24(15-13-23)28(31)32-25-16-17-27(30)26(29)18-25/h12-22H,2-11H2,1H3/t19-,20-,21-,22-. The van der Waals surface area contributed by atoms with E-state index in [2.05, 4.69) is 19.1 Å². The summed E-state index contributed by atoms with van der Waals surface area (Å²) >= 11 is 5.76. The highest BCUT2D eigenvalue weighted by atomic mass is 35.5. The van der Waals surface area contributed by atoms with E-state index in [-0.39, 0.29) is 10.8 Å². The molecule has 2 nitrogen and oxygen atoms in total. The van der Waals surface area contributed by atoms with Gasteiger partial charge in [-0.3, -0.25) is 0 Å². The Hall–Kier alpha value is -1.87. The van der Waals surface area contributed by atoms with Crippen molar-refractivity contribution in [2.24, 2.45) is 17.8 Å². The first-order chi connectivity index (χ1) is 15.5. The lowest BCUT2D eigenvalue weighted by atomic mass is 9.68. The van der Waals surface area contributed by atoms with Crippen molar-refractivity contribution in [3.05, 3.63) is 64.4 Å². The van der Waals surface area contributed by atoms with E-state index in [1.165, 1.54) is 88.0 Å². The molecule has 2 fully saturated rings. The first-order valence-corrected chi connectivity index (χ1v) is 12.7. The molecule has 0 atom stereocenters. The van der Waals surface area contributed by atoms with Gasteiger partial charge in [-0.2, -0.15) is 0 Å². The van der Waals surface area contributed by atoms with Crippen LogP contribution in [0.15, 0.2) is 42.5 Å². The van der Waals surface area contributed by atoms with E-state index in [4.69, 9.17) is 16.3 Å². The van der Waals surface area contributed by atoms with Gasteiger partial charge in [-0.1, -0.05) is 56.3 Å². The maximum absolute atomic E-state index is 13.3. The van der Waals surface area contributed by atoms with E-state index >= 15 is 0 Å². The van der Waals surface area contributed by atoms with Crippen LogP contribution in [0.25, 0.3) is 0 Å². The molecule has 0 spiro atoms. The van der Waals surface area contributed by atoms with Gasteiger partial charge in [0.25, 0.3) is 0 Å². The lowest BCUT2D eigenvalue weighted by molar-refractivity contribution is 0.0734. The lowest BCUT2D eigenvalue weighted by Crippen LogP contribution is -2.25. The Labute approximate surface area is 196 Å². The molecule has 0 amide bonds. The second-order valence-electron chi connectivity index (χ2n) is 9.77. The molecule has 0 bridgehead atoms. The van der Waals surface area contributed by atoms with Crippen LogP contribution in [0.4, 0.5) is 4.39 Å². The predicted molar refractivity (Wildman–Crippen MR) is 128 cm³/mol. The third kappa shape index (κ3) is 5.73. The molecule has 0 aliphatic heterocycles. The van der Waals surface area contributed by atoms with Crippen LogP contribution >= 0.6 is 11.6 Å². The van der Waals surface area contributed by atoms with Gasteiger partial charge in [0, 0.05) is 6.07 Å². The SMILES string of the molecule is CCC[C@H]1CC[C@H]([C@H]2CC[C@H](c3ccc(C(=O)Oc4ccc(F)c(Cl)c4)cc3)CC2)CC1. The molecule has 0 N–H and O–H groups in total. The van der Waals surface area contributed by atoms with Crippen LogP contribution in [0, 0.1) is 23.6 Å². The largest absolute Gasteiger partial charge is 0.423 e. The molecule has 32 heavy (non-hydrogen) atoms. The van der Waals surface area contributed by atoms with Crippen LogP contribution in [-0.4, -0.2) is 5.97 Å². The van der Waals surface area contributed by atoms with Crippen LogP contribution in [0.2, 0.25) is 5.02 Å². The lowest BCUT2D eigenvalue weighted by Gasteiger charge is -2.38. The number of ether oxygens (including phenoxy) is 1. The van der Waals surface area contributed by atoms with Crippen LogP contribution < -0.4 is 4.74 Å². The molecule has 2 aromatic carbocycles. The molecule has 172 valence electrons. The van der Waals surface area contributed by atoms with Crippen molar-refractivity contribution in [1.82, 2.24) is 0 Å². The van der Waals surface area contributed by atoms with Crippen molar-refractivity contribution in [3.63, 3.8) is 0 Å². The predicted octanol–water partition coefficient (Wildman–Crippen LogP) is 8.58. The summed E-state index contributed by atoms with van der Waals surface area (Å²) in [7, 11) is 0. The summed E-state index contributed by atoms with van der Waals surface area (Å²) in [5.41, 5.74) is 1.81. The average Bonchev–Trinajstić information content (AvgIpc) is 2.82. The average molecular weight is 457 g/mol. The van der Waals surface area contributed by atoms with Crippen LogP contribution in [0.1, 0.15) is 93.0 Å². The molecular formula is C28H34ClFO2. The Morgan fingerprint density at radius 3 is 2.16 bits per heavy atom. The van der Waals surface area contributed by atoms with Gasteiger partial charge in [0.15, 0.2) is 0 Å². The van der Waals surface area contributed by atoms with Gasteiger partial charge in [-0.25, -0.2) is 9.18 Å². The van der Waals surface area contributed by atoms with Crippen molar-refractivity contribution in [3.8, 4) is 5.75 Å². The third-order valence-electron chi connectivity index (χ3n) is 7.75. The van der Waals surface area contributed by atoms with Crippen molar-refractivity contribution in [1.29, 1.82) is 0 Å². The number of benzene rings is 2. The number of esters is 1. The van der Waals surface area contributed by atoms with Gasteiger partial charge >= 0.3 is 5.97 Å². The van der Waals surface area contributed by atoms with E-state index < -0.39 is 11.8 Å². The highest BCUT2D eigenvalue weighted by molar-refractivity contribution is 6.30. The van der Waals surface area contributed by atoms with Crippen molar-refractivity contribution < 1.29 is 13.9 Å². The second kappa shape index (κ2) is 10.8. The van der Waals surface area contributed by atoms with Gasteiger partial charge < -0.3 is 4.74 Å². The smallest absolute Gasteiger partial charge is 0.343 e. The first kappa shape index (κ1) is 23.3. The fraction of sp³-hybridized carbons (Fsp3) is 0.536. The van der Waals surface area contributed by atoms with Gasteiger partial charge in [0.05, 0.1) is 10.6 Å². The Morgan fingerprint density at radius 2 is 1.56 bits per heavy atom. The molecule has 0 radical (unpaired) electrons. The van der Waals surface area contributed by atoms with E-state index in [9.17, 15) is 9.18 Å². The van der Waals surface area contributed by atoms with E-state index in [0.29, 0.717) is 11.5 Å². The summed E-state index contributed by atoms with van der Waals surface area (Å²) in [6.07, 6.45) is 13.7. The molecule has 0 unspecified atom stereocenters. The minimum atomic E-state index is -0.533. The van der Waals surface area contributed by atoms with E-state index in [0.717, 1.165) is 17.8 Å². The van der Waals surface area contributed by atoms with Gasteiger partial charge in [0.1, 0.15) is 11.6 Å². The second-order valence-corrected chi connectivity index (χ2v) is 10.2. The topological polar surface area (TPSA) is 26.3 Å². The zero-order valence-electron chi connectivity index (χ0n) is 19.0. The van der Waals surface area contributed by atoms with Crippen molar-refractivity contribution in [2.45, 2.75) is 77.0 Å². The van der Waals surface area contributed by atoms with E-state index in [1.807, 2.05) is 12.1 Å². The number of carbonyl (C=O) groups is 1. The number of rotatable bonds is 6. The van der Waals surface area contributed by atoms with Gasteiger partial charge in [-0.05, 0) is 92.0 Å². The fourth-order valence-corrected chi connectivity index (χ4v) is 6.05. The molecule has 2 aliphatic carbocycles. The quantitative estimate of drug-likeness (QED) is 0.321. The van der Waals surface area contributed by atoms with E-state index in [1.54, 1.807) is 0 Å². The Morgan fingerprint density at radius 1 is 0.938 bits per heavy atom. The van der Waals surface area contributed by atoms with Crippen LogP contribution in [0.5, 0.6) is 5.75 Å². The van der Waals surface area contributed by atoms with Gasteiger partial charge in [-0.15, -0.1) is 0 Å². The maximum Gasteiger partial charge on any atom is 0.343 e. The minimum absolute atomic E-state index is 0.0599. The molecule has 2 saturated carbocycles. The molecule has 4 heteroatoms. The van der Waals surface area contributed by atoms with Crippen LogP contribution in [0.3, 0.4) is 0 Å². The molecule has 4 rings (SSSR count). The summed E-state index contributed by atoms with van der Waals surface area (Å²) in [4.78, 5) is 12.4. The molecular weight excluding hydrogens is 423 g/mol.